The van der Waals surface area contributed by atoms with Gasteiger partial charge in [0, 0.05) is 43.5 Å². The van der Waals surface area contributed by atoms with Gasteiger partial charge < -0.3 is 19.2 Å². The largest absolute Gasteiger partial charge is 0.454 e. The number of fused-ring (bicyclic) bond motifs is 3. The van der Waals surface area contributed by atoms with Crippen LogP contribution in [0.5, 0.6) is 0 Å². The Morgan fingerprint density at radius 1 is 1.00 bits per heavy atom. The molecule has 1 saturated carbocycles. The molecule has 164 valence electrons. The van der Waals surface area contributed by atoms with Crippen LogP contribution in [0.15, 0.2) is 34.7 Å². The van der Waals surface area contributed by atoms with Gasteiger partial charge in [-0.2, -0.15) is 0 Å². The van der Waals surface area contributed by atoms with Gasteiger partial charge in [-0.25, -0.2) is 0 Å². The number of hydrogen-bond acceptors (Lipinski definition) is 3. The highest BCUT2D eigenvalue weighted by atomic mass is 16.3. The number of carbonyl (C=O) groups is 2. The lowest BCUT2D eigenvalue weighted by Gasteiger charge is -2.33. The summed E-state index contributed by atoms with van der Waals surface area (Å²) in [6, 6.07) is 10.1. The Morgan fingerprint density at radius 2 is 1.71 bits per heavy atom. The molecule has 0 bridgehead atoms. The Bertz CT molecular complexity index is 1110. The second-order valence-electron chi connectivity index (χ2n) is 9.43. The molecule has 0 unspecified atom stereocenters. The van der Waals surface area contributed by atoms with Gasteiger partial charge in [0.25, 0.3) is 5.91 Å². The van der Waals surface area contributed by atoms with Gasteiger partial charge in [-0.1, -0.05) is 19.1 Å². The van der Waals surface area contributed by atoms with Crippen LogP contribution in [0.3, 0.4) is 0 Å². The number of aryl methyl sites for hydroxylation is 1. The van der Waals surface area contributed by atoms with Crippen molar-refractivity contribution in [2.45, 2.75) is 51.5 Å². The monoisotopic (exact) mass is 421 g/mol. The van der Waals surface area contributed by atoms with E-state index in [-0.39, 0.29) is 17.7 Å². The first-order valence-electron chi connectivity index (χ1n) is 11.6. The van der Waals surface area contributed by atoms with Crippen molar-refractivity contribution in [2.24, 2.45) is 18.9 Å². The van der Waals surface area contributed by atoms with Gasteiger partial charge in [-0.3, -0.25) is 9.59 Å². The van der Waals surface area contributed by atoms with Crippen molar-refractivity contribution in [3.05, 3.63) is 36.0 Å². The highest BCUT2D eigenvalue weighted by Gasteiger charge is 2.31. The number of carbonyl (C=O) groups excluding carboxylic acids is 2. The highest BCUT2D eigenvalue weighted by Crippen LogP contribution is 2.31. The van der Waals surface area contributed by atoms with Crippen LogP contribution in [0.25, 0.3) is 22.1 Å². The Labute approximate surface area is 182 Å². The zero-order valence-electron chi connectivity index (χ0n) is 18.4. The molecule has 1 aliphatic heterocycles. The summed E-state index contributed by atoms with van der Waals surface area (Å²) in [4.78, 5) is 27.8. The summed E-state index contributed by atoms with van der Waals surface area (Å²) in [5.41, 5.74) is 3.17. The number of nitrogens with zero attached hydrogens (tertiary/aromatic N) is 2. The second kappa shape index (κ2) is 8.06. The molecule has 0 spiro atoms. The van der Waals surface area contributed by atoms with Crippen LogP contribution >= 0.6 is 0 Å². The quantitative estimate of drug-likeness (QED) is 0.678. The fourth-order valence-electron chi connectivity index (χ4n) is 5.27. The molecule has 1 saturated heterocycles. The van der Waals surface area contributed by atoms with E-state index in [2.05, 4.69) is 12.2 Å². The van der Waals surface area contributed by atoms with Gasteiger partial charge in [0.15, 0.2) is 5.58 Å². The van der Waals surface area contributed by atoms with E-state index in [0.29, 0.717) is 24.8 Å². The molecule has 6 nitrogen and oxygen atoms in total. The first-order valence-corrected chi connectivity index (χ1v) is 11.6. The first kappa shape index (κ1) is 20.2. The maximum Gasteiger partial charge on any atom is 0.270 e. The van der Waals surface area contributed by atoms with Crippen molar-refractivity contribution in [1.29, 1.82) is 0 Å². The topological polar surface area (TPSA) is 67.5 Å². The number of furan rings is 1. The third-order valence-corrected chi connectivity index (χ3v) is 7.29. The van der Waals surface area contributed by atoms with E-state index in [0.717, 1.165) is 53.7 Å². The van der Waals surface area contributed by atoms with Crippen LogP contribution in [0.2, 0.25) is 0 Å². The van der Waals surface area contributed by atoms with E-state index >= 15 is 0 Å². The summed E-state index contributed by atoms with van der Waals surface area (Å²) in [7, 11) is 1.92. The lowest BCUT2D eigenvalue weighted by molar-refractivity contribution is -0.127. The van der Waals surface area contributed by atoms with E-state index < -0.39 is 0 Å². The van der Waals surface area contributed by atoms with Gasteiger partial charge >= 0.3 is 0 Å². The number of piperidine rings is 1. The molecule has 5 rings (SSSR count). The van der Waals surface area contributed by atoms with Crippen molar-refractivity contribution < 1.29 is 14.0 Å². The van der Waals surface area contributed by atoms with Crippen molar-refractivity contribution in [2.75, 3.05) is 13.1 Å². The Hall–Kier alpha value is -2.76. The Kier molecular flexibility index (Phi) is 5.24. The smallest absolute Gasteiger partial charge is 0.270 e. The molecule has 3 heterocycles. The predicted octanol–water partition coefficient (Wildman–Crippen LogP) is 4.47. The van der Waals surface area contributed by atoms with Crippen molar-refractivity contribution in [3.8, 4) is 0 Å². The highest BCUT2D eigenvalue weighted by molar-refractivity contribution is 6.07. The second-order valence-corrected chi connectivity index (χ2v) is 9.43. The molecular formula is C25H31N3O3. The average molecular weight is 422 g/mol. The lowest BCUT2D eigenvalue weighted by Crippen LogP contribution is -2.46. The molecule has 2 aliphatic rings. The zero-order chi connectivity index (χ0) is 21.5. The number of para-hydroxylation sites is 1. The van der Waals surface area contributed by atoms with Crippen molar-refractivity contribution in [1.82, 2.24) is 14.8 Å². The van der Waals surface area contributed by atoms with Crippen LogP contribution in [0, 0.1) is 11.8 Å². The molecular weight excluding hydrogens is 390 g/mol. The maximum absolute atomic E-state index is 13.2. The SMILES string of the molecule is CC1CCC(NC(=O)C2CCN(C(=O)c3cc4oc5ccccc5c4n3C)CC2)CC1. The minimum Gasteiger partial charge on any atom is -0.454 e. The Balaban J connectivity index is 1.23. The molecule has 0 radical (unpaired) electrons. The van der Waals surface area contributed by atoms with E-state index in [9.17, 15) is 9.59 Å². The molecule has 31 heavy (non-hydrogen) atoms. The number of hydrogen-bond donors (Lipinski definition) is 1. The molecule has 2 fully saturated rings. The third-order valence-electron chi connectivity index (χ3n) is 7.29. The van der Waals surface area contributed by atoms with Crippen molar-refractivity contribution in [3.63, 3.8) is 0 Å². The summed E-state index contributed by atoms with van der Waals surface area (Å²) in [5, 5.41) is 4.29. The first-order chi connectivity index (χ1) is 15.0. The standard InChI is InChI=1S/C25H31N3O3/c1-16-7-9-18(10-8-16)26-24(29)17-11-13-28(14-12-17)25(30)20-15-22-23(27(20)2)19-5-3-4-6-21(19)31-22/h3-6,15-18H,7-14H2,1-2H3,(H,26,29). The molecule has 0 atom stereocenters. The van der Waals surface area contributed by atoms with Gasteiger partial charge in [-0.05, 0) is 56.6 Å². The Morgan fingerprint density at radius 3 is 2.45 bits per heavy atom. The summed E-state index contributed by atoms with van der Waals surface area (Å²) in [6.07, 6.45) is 6.04. The van der Waals surface area contributed by atoms with E-state index in [1.54, 1.807) is 0 Å². The number of rotatable bonds is 3. The van der Waals surface area contributed by atoms with E-state index in [1.807, 2.05) is 46.8 Å². The number of amides is 2. The summed E-state index contributed by atoms with van der Waals surface area (Å²) >= 11 is 0. The number of nitrogens with one attached hydrogen (secondary N) is 1. The van der Waals surface area contributed by atoms with Crippen LogP contribution in [-0.2, 0) is 11.8 Å². The summed E-state index contributed by atoms with van der Waals surface area (Å²) in [6.45, 7) is 3.52. The van der Waals surface area contributed by atoms with Gasteiger partial charge in [-0.15, -0.1) is 0 Å². The predicted molar refractivity (Wildman–Crippen MR) is 121 cm³/mol. The van der Waals surface area contributed by atoms with Crippen LogP contribution in [0.4, 0.5) is 0 Å². The normalized spacial score (nSPS) is 22.8. The van der Waals surface area contributed by atoms with Crippen LogP contribution in [0.1, 0.15) is 55.9 Å². The summed E-state index contributed by atoms with van der Waals surface area (Å²) in [5.74, 6) is 0.977. The van der Waals surface area contributed by atoms with E-state index in [1.165, 1.54) is 12.8 Å². The molecule has 6 heteroatoms. The maximum atomic E-state index is 13.2. The lowest BCUT2D eigenvalue weighted by atomic mass is 9.86. The van der Waals surface area contributed by atoms with Gasteiger partial charge in [0.2, 0.25) is 5.91 Å². The zero-order valence-corrected chi connectivity index (χ0v) is 18.4. The molecule has 3 aromatic rings. The fourth-order valence-corrected chi connectivity index (χ4v) is 5.27. The molecule has 2 amide bonds. The minimum absolute atomic E-state index is 0.0111. The van der Waals surface area contributed by atoms with Gasteiger partial charge in [0.1, 0.15) is 11.3 Å². The molecule has 1 aliphatic carbocycles. The molecule has 1 N–H and O–H groups in total. The average Bonchev–Trinajstić information content (AvgIpc) is 3.31. The number of benzene rings is 1. The molecule has 2 aromatic heterocycles. The number of aromatic nitrogens is 1. The van der Waals surface area contributed by atoms with Crippen LogP contribution in [-0.4, -0.2) is 40.4 Å². The fraction of sp³-hybridized carbons (Fsp3) is 0.520. The van der Waals surface area contributed by atoms with Crippen LogP contribution < -0.4 is 5.32 Å². The molecule has 1 aromatic carbocycles. The van der Waals surface area contributed by atoms with E-state index in [4.69, 9.17) is 4.42 Å². The summed E-state index contributed by atoms with van der Waals surface area (Å²) < 4.78 is 7.87. The number of likely N-dealkylation sites (tertiary alicyclic amines) is 1. The third kappa shape index (κ3) is 3.73. The van der Waals surface area contributed by atoms with Crippen molar-refractivity contribution >= 4 is 33.9 Å². The minimum atomic E-state index is 0.0111. The van der Waals surface area contributed by atoms with Gasteiger partial charge in [0.05, 0.1) is 5.52 Å².